The molecule has 7 N–H and O–H groups in total. The average Bonchev–Trinajstić information content (AvgIpc) is 3.44. The van der Waals surface area contributed by atoms with Crippen molar-refractivity contribution in [2.75, 3.05) is 13.1 Å². The second kappa shape index (κ2) is 16.8. The van der Waals surface area contributed by atoms with Crippen molar-refractivity contribution < 1.29 is 38.7 Å². The summed E-state index contributed by atoms with van der Waals surface area (Å²) < 4.78 is 0. The molecule has 0 bridgehead atoms. The van der Waals surface area contributed by atoms with Crippen LogP contribution in [0.15, 0.2) is 0 Å². The molecule has 1 fully saturated rings. The molecule has 14 heteroatoms. The van der Waals surface area contributed by atoms with Crippen molar-refractivity contribution in [2.45, 2.75) is 111 Å². The Labute approximate surface area is 253 Å². The minimum atomic E-state index is -1.98. The molecular formula is C29H50N6O8. The molecule has 0 unspecified atom stereocenters. The molecule has 0 radical (unpaired) electrons. The van der Waals surface area contributed by atoms with Gasteiger partial charge in [0.1, 0.15) is 18.1 Å². The Morgan fingerprint density at radius 1 is 0.791 bits per heavy atom. The summed E-state index contributed by atoms with van der Waals surface area (Å²) in [7, 11) is 0. The maximum Gasteiger partial charge on any atom is 0.326 e. The first kappa shape index (κ1) is 37.3. The molecular weight excluding hydrogens is 560 g/mol. The number of nitrogens with two attached hydrogens (primary N) is 1. The van der Waals surface area contributed by atoms with Crippen LogP contribution in [0.2, 0.25) is 0 Å². The Kier molecular flexibility index (Phi) is 14.6. The van der Waals surface area contributed by atoms with E-state index >= 15 is 0 Å². The number of carboxylic acids is 1. The first-order valence-electron chi connectivity index (χ1n) is 14.9. The van der Waals surface area contributed by atoms with Crippen LogP contribution in [-0.4, -0.2) is 88.7 Å². The van der Waals surface area contributed by atoms with E-state index in [0.29, 0.717) is 25.9 Å². The van der Waals surface area contributed by atoms with E-state index in [9.17, 15) is 38.7 Å². The van der Waals surface area contributed by atoms with Crippen molar-refractivity contribution in [1.29, 1.82) is 0 Å². The molecule has 4 atom stereocenters. The third-order valence-corrected chi connectivity index (χ3v) is 7.40. The number of likely N-dealkylation sites (tertiary alicyclic amines) is 1. The molecule has 0 saturated carbocycles. The topological polar surface area (TPSA) is 217 Å². The number of primary amides is 1. The van der Waals surface area contributed by atoms with Crippen molar-refractivity contribution in [3.05, 3.63) is 0 Å². The molecule has 1 saturated heterocycles. The van der Waals surface area contributed by atoms with Crippen molar-refractivity contribution in [3.63, 3.8) is 0 Å². The number of nitrogens with one attached hydrogen (secondary N) is 4. The van der Waals surface area contributed by atoms with Gasteiger partial charge in [0.15, 0.2) is 6.04 Å². The van der Waals surface area contributed by atoms with Crippen LogP contribution >= 0.6 is 0 Å². The number of hydrogen-bond acceptors (Lipinski definition) is 7. The fourth-order valence-electron chi connectivity index (χ4n) is 4.79. The number of aliphatic carboxylic acids is 1. The molecule has 0 aliphatic carbocycles. The van der Waals surface area contributed by atoms with Crippen LogP contribution < -0.4 is 27.0 Å². The molecule has 1 aliphatic rings. The molecule has 0 aromatic heterocycles. The van der Waals surface area contributed by atoms with Crippen molar-refractivity contribution in [1.82, 2.24) is 26.2 Å². The van der Waals surface area contributed by atoms with Gasteiger partial charge < -0.3 is 37.0 Å². The lowest BCUT2D eigenvalue weighted by molar-refractivity contribution is -0.144. The first-order valence-corrected chi connectivity index (χ1v) is 14.9. The van der Waals surface area contributed by atoms with E-state index in [0.717, 1.165) is 12.8 Å². The van der Waals surface area contributed by atoms with E-state index in [-0.39, 0.29) is 24.2 Å². The summed E-state index contributed by atoms with van der Waals surface area (Å²) in [6.07, 6.45) is 2.27. The van der Waals surface area contributed by atoms with Gasteiger partial charge in [-0.25, -0.2) is 4.79 Å². The molecule has 6 amide bonds. The number of amides is 6. The number of nitrogens with zero attached hydrogens (tertiary/aromatic N) is 1. The summed E-state index contributed by atoms with van der Waals surface area (Å²) in [6, 6.07) is -5.93. The lowest BCUT2D eigenvalue weighted by Crippen LogP contribution is -2.62. The largest absolute Gasteiger partial charge is 0.480 e. The molecule has 1 rings (SSSR count). The van der Waals surface area contributed by atoms with Gasteiger partial charge in [-0.1, -0.05) is 48.5 Å². The smallest absolute Gasteiger partial charge is 0.326 e. The van der Waals surface area contributed by atoms with E-state index in [1.54, 1.807) is 39.5 Å². The quantitative estimate of drug-likeness (QED) is 0.131. The zero-order valence-electron chi connectivity index (χ0n) is 26.5. The van der Waals surface area contributed by atoms with Crippen LogP contribution in [0, 0.1) is 17.3 Å². The Morgan fingerprint density at radius 2 is 1.33 bits per heavy atom. The molecule has 43 heavy (non-hydrogen) atoms. The number of rotatable bonds is 16. The molecule has 1 aliphatic heterocycles. The van der Waals surface area contributed by atoms with Crippen molar-refractivity contribution >= 4 is 41.4 Å². The molecule has 14 nitrogen and oxygen atoms in total. The van der Waals surface area contributed by atoms with Gasteiger partial charge in [-0.3, -0.25) is 28.8 Å². The highest BCUT2D eigenvalue weighted by Gasteiger charge is 2.39. The number of carbonyl (C=O) groups excluding carboxylic acids is 6. The minimum absolute atomic E-state index is 0.0559. The highest BCUT2D eigenvalue weighted by Crippen LogP contribution is 2.21. The third-order valence-electron chi connectivity index (χ3n) is 7.40. The second-order valence-electron chi connectivity index (χ2n) is 12.5. The number of hydrogen-bond donors (Lipinski definition) is 6. The van der Waals surface area contributed by atoms with Gasteiger partial charge in [-0.05, 0) is 43.4 Å². The molecule has 1 heterocycles. The van der Waals surface area contributed by atoms with E-state index in [1.807, 2.05) is 13.8 Å². The predicted octanol–water partition coefficient (Wildman–Crippen LogP) is 0.0364. The summed E-state index contributed by atoms with van der Waals surface area (Å²) in [5.41, 5.74) is 4.60. The normalized spacial score (nSPS) is 16.2. The highest BCUT2D eigenvalue weighted by atomic mass is 16.4. The van der Waals surface area contributed by atoms with E-state index in [1.165, 1.54) is 0 Å². The Bertz CT molecular complexity index is 1030. The Balaban J connectivity index is 3.28. The van der Waals surface area contributed by atoms with E-state index < -0.39 is 71.5 Å². The fourth-order valence-corrected chi connectivity index (χ4v) is 4.79. The maximum atomic E-state index is 13.6. The van der Waals surface area contributed by atoms with Crippen molar-refractivity contribution in [2.24, 2.45) is 23.0 Å². The Morgan fingerprint density at radius 3 is 1.77 bits per heavy atom. The molecule has 0 aromatic rings. The minimum Gasteiger partial charge on any atom is -0.480 e. The summed E-state index contributed by atoms with van der Waals surface area (Å²) in [4.78, 5) is 91.1. The van der Waals surface area contributed by atoms with Gasteiger partial charge in [0, 0.05) is 19.0 Å². The van der Waals surface area contributed by atoms with Crippen LogP contribution in [0.4, 0.5) is 0 Å². The Hall–Kier alpha value is -3.71. The second-order valence-corrected chi connectivity index (χ2v) is 12.5. The summed E-state index contributed by atoms with van der Waals surface area (Å²) in [5.74, 6) is -6.70. The van der Waals surface area contributed by atoms with Crippen molar-refractivity contribution in [3.8, 4) is 0 Å². The third kappa shape index (κ3) is 11.8. The van der Waals surface area contributed by atoms with Gasteiger partial charge in [-0.15, -0.1) is 0 Å². The van der Waals surface area contributed by atoms with E-state index in [2.05, 4.69) is 21.3 Å². The standard InChI is InChI=1S/C29H50N6O8/c1-8-17(9-2)24(38)34-22(29(5,6)7)27(41)31-18(15-20(36)35-12-10-11-13-35)25(39)33-21(23(30)37)26(40)32-19(28(42)43)14-16(3)4/h16-19,21-22H,8-15H2,1-7H3,(H2,30,37)(H,31,41)(H,32,40)(H,33,39)(H,34,38)(H,42,43)/t18-,19-,21-,22+/m0/s1. The average molecular weight is 611 g/mol. The lowest BCUT2D eigenvalue weighted by atomic mass is 9.85. The molecule has 0 spiro atoms. The summed E-state index contributed by atoms with van der Waals surface area (Å²) >= 11 is 0. The van der Waals surface area contributed by atoms with Gasteiger partial charge in [0.25, 0.3) is 5.91 Å². The monoisotopic (exact) mass is 610 g/mol. The van der Waals surface area contributed by atoms with Crippen LogP contribution in [-0.2, 0) is 33.6 Å². The van der Waals surface area contributed by atoms with Crippen LogP contribution in [0.3, 0.4) is 0 Å². The zero-order valence-corrected chi connectivity index (χ0v) is 26.5. The highest BCUT2D eigenvalue weighted by molar-refractivity contribution is 6.08. The lowest BCUT2D eigenvalue weighted by Gasteiger charge is -2.33. The molecule has 0 aromatic carbocycles. The summed E-state index contributed by atoms with van der Waals surface area (Å²) in [6.45, 7) is 13.4. The predicted molar refractivity (Wildman–Crippen MR) is 158 cm³/mol. The molecule has 244 valence electrons. The van der Waals surface area contributed by atoms with Crippen LogP contribution in [0.5, 0.6) is 0 Å². The van der Waals surface area contributed by atoms with Gasteiger partial charge >= 0.3 is 5.97 Å². The van der Waals surface area contributed by atoms with Gasteiger partial charge in [-0.2, -0.15) is 0 Å². The zero-order chi connectivity index (χ0) is 33.1. The maximum absolute atomic E-state index is 13.6. The number of carboxylic acid groups (broad SMARTS) is 1. The van der Waals surface area contributed by atoms with E-state index in [4.69, 9.17) is 5.73 Å². The number of carbonyl (C=O) groups is 7. The van der Waals surface area contributed by atoms with Crippen LogP contribution in [0.25, 0.3) is 0 Å². The first-order chi connectivity index (χ1) is 19.9. The van der Waals surface area contributed by atoms with Gasteiger partial charge in [0.2, 0.25) is 29.5 Å². The van der Waals surface area contributed by atoms with Gasteiger partial charge in [0.05, 0.1) is 6.42 Å². The summed E-state index contributed by atoms with van der Waals surface area (Å²) in [5, 5.41) is 19.2. The fraction of sp³-hybridized carbons (Fsp3) is 0.759. The van der Waals surface area contributed by atoms with Crippen LogP contribution in [0.1, 0.15) is 87.0 Å². The SMILES string of the molecule is CCC(CC)C(=O)N[C@H](C(=O)N[C@@H](CC(=O)N1CCCC1)C(=O)N[C@@H](C(N)=O)C(=O)N[C@@H](CC(C)C)C(=O)O)C(C)(C)C.